The van der Waals surface area contributed by atoms with Gasteiger partial charge in [-0.05, 0) is 36.6 Å². The fraction of sp³-hybridized carbons (Fsp3) is 0.133. The zero-order chi connectivity index (χ0) is 15.5. The van der Waals surface area contributed by atoms with Crippen molar-refractivity contribution in [2.24, 2.45) is 0 Å². The summed E-state index contributed by atoms with van der Waals surface area (Å²) in [7, 11) is -3.30. The van der Waals surface area contributed by atoms with Gasteiger partial charge in [-0.3, -0.25) is 0 Å². The van der Waals surface area contributed by atoms with Crippen molar-refractivity contribution in [3.8, 4) is 17.6 Å². The van der Waals surface area contributed by atoms with Gasteiger partial charge in [-0.2, -0.15) is 5.26 Å². The van der Waals surface area contributed by atoms with Gasteiger partial charge < -0.3 is 4.74 Å². The van der Waals surface area contributed by atoms with Crippen LogP contribution in [0.5, 0.6) is 11.5 Å². The highest BCUT2D eigenvalue weighted by molar-refractivity contribution is 7.98. The molecule has 2 aromatic carbocycles. The number of hydrogen-bond acceptors (Lipinski definition) is 5. The Labute approximate surface area is 128 Å². The van der Waals surface area contributed by atoms with Crippen molar-refractivity contribution in [1.29, 1.82) is 5.26 Å². The fourth-order valence-corrected chi connectivity index (χ4v) is 2.99. The molecule has 0 aromatic heterocycles. The highest BCUT2D eigenvalue weighted by atomic mass is 32.2. The Morgan fingerprint density at radius 3 is 2.52 bits per heavy atom. The first-order valence-corrected chi connectivity index (χ1v) is 9.12. The number of thioether (sulfide) groups is 1. The van der Waals surface area contributed by atoms with Crippen molar-refractivity contribution in [2.75, 3.05) is 12.5 Å². The summed E-state index contributed by atoms with van der Waals surface area (Å²) in [6.07, 6.45) is 3.02. The molecule has 0 saturated carbocycles. The van der Waals surface area contributed by atoms with Crippen molar-refractivity contribution in [3.63, 3.8) is 0 Å². The van der Waals surface area contributed by atoms with E-state index in [1.54, 1.807) is 24.3 Å². The van der Waals surface area contributed by atoms with Gasteiger partial charge in [0.15, 0.2) is 9.84 Å². The molecule has 0 spiro atoms. The molecule has 0 bridgehead atoms. The summed E-state index contributed by atoms with van der Waals surface area (Å²) >= 11 is 1.45. The minimum atomic E-state index is -3.30. The van der Waals surface area contributed by atoms with Crippen LogP contribution in [0.15, 0.2) is 52.3 Å². The van der Waals surface area contributed by atoms with Gasteiger partial charge in [-0.1, -0.05) is 12.1 Å². The second-order valence-corrected chi connectivity index (χ2v) is 7.16. The maximum absolute atomic E-state index is 11.5. The summed E-state index contributed by atoms with van der Waals surface area (Å²) < 4.78 is 28.8. The van der Waals surface area contributed by atoms with Gasteiger partial charge in [-0.25, -0.2) is 8.42 Å². The molecule has 0 N–H and O–H groups in total. The van der Waals surface area contributed by atoms with Crippen molar-refractivity contribution in [2.45, 2.75) is 9.79 Å². The van der Waals surface area contributed by atoms with Crippen LogP contribution in [-0.4, -0.2) is 20.9 Å². The molecule has 0 saturated heterocycles. The molecule has 108 valence electrons. The summed E-state index contributed by atoms with van der Waals surface area (Å²) in [5.41, 5.74) is 0.440. The van der Waals surface area contributed by atoms with Gasteiger partial charge in [0.1, 0.15) is 23.1 Å². The summed E-state index contributed by atoms with van der Waals surface area (Å²) in [4.78, 5) is 0.994. The minimum absolute atomic E-state index is 0.180. The summed E-state index contributed by atoms with van der Waals surface area (Å²) in [6.45, 7) is 0. The van der Waals surface area contributed by atoms with Gasteiger partial charge in [-0.15, -0.1) is 11.8 Å². The Bertz CT molecular complexity index is 808. The van der Waals surface area contributed by atoms with Crippen LogP contribution in [0.1, 0.15) is 5.56 Å². The van der Waals surface area contributed by atoms with Crippen LogP contribution in [0.25, 0.3) is 0 Å². The van der Waals surface area contributed by atoms with Gasteiger partial charge in [0, 0.05) is 11.2 Å². The molecule has 2 rings (SSSR count). The second kappa shape index (κ2) is 6.20. The number of nitriles is 1. The summed E-state index contributed by atoms with van der Waals surface area (Å²) in [5, 5.41) is 9.25. The summed E-state index contributed by atoms with van der Waals surface area (Å²) in [6, 6.07) is 13.6. The van der Waals surface area contributed by atoms with Crippen LogP contribution in [0, 0.1) is 11.3 Å². The highest BCUT2D eigenvalue weighted by Crippen LogP contribution is 2.32. The van der Waals surface area contributed by atoms with Crippen LogP contribution in [0.4, 0.5) is 0 Å². The standard InChI is InChI=1S/C15H13NO3S2/c1-20-15-8-4-7-14(13(15)10-16)19-11-5-3-6-12(9-11)21(2,17)18/h3-9H,1-2H3. The smallest absolute Gasteiger partial charge is 0.175 e. The first-order chi connectivity index (χ1) is 9.95. The second-order valence-electron chi connectivity index (χ2n) is 4.29. The van der Waals surface area contributed by atoms with Gasteiger partial charge in [0.05, 0.1) is 4.90 Å². The molecule has 0 heterocycles. The fourth-order valence-electron chi connectivity index (χ4n) is 1.77. The number of benzene rings is 2. The quantitative estimate of drug-likeness (QED) is 0.807. The number of nitrogens with zero attached hydrogens (tertiary/aromatic N) is 1. The van der Waals surface area contributed by atoms with E-state index < -0.39 is 9.84 Å². The zero-order valence-electron chi connectivity index (χ0n) is 11.5. The third-order valence-corrected chi connectivity index (χ3v) is 4.67. The van der Waals surface area contributed by atoms with Crippen LogP contribution in [-0.2, 0) is 9.84 Å². The monoisotopic (exact) mass is 319 g/mol. The Hall–Kier alpha value is -1.97. The van der Waals surface area contributed by atoms with E-state index in [2.05, 4.69) is 6.07 Å². The molecule has 0 fully saturated rings. The predicted octanol–water partition coefficient (Wildman–Crippen LogP) is 3.48. The van der Waals surface area contributed by atoms with Crippen LogP contribution >= 0.6 is 11.8 Å². The number of sulfone groups is 1. The van der Waals surface area contributed by atoms with E-state index in [4.69, 9.17) is 4.74 Å². The average Bonchev–Trinajstić information content (AvgIpc) is 2.46. The summed E-state index contributed by atoms with van der Waals surface area (Å²) in [5.74, 6) is 0.794. The zero-order valence-corrected chi connectivity index (χ0v) is 13.2. The van der Waals surface area contributed by atoms with E-state index in [9.17, 15) is 13.7 Å². The minimum Gasteiger partial charge on any atom is -0.456 e. The molecule has 0 aliphatic heterocycles. The molecule has 0 unspecified atom stereocenters. The third-order valence-electron chi connectivity index (χ3n) is 2.78. The lowest BCUT2D eigenvalue weighted by Gasteiger charge is -2.10. The highest BCUT2D eigenvalue weighted by Gasteiger charge is 2.12. The Morgan fingerprint density at radius 2 is 1.90 bits per heavy atom. The molecular weight excluding hydrogens is 306 g/mol. The van der Waals surface area contributed by atoms with E-state index in [0.29, 0.717) is 17.1 Å². The van der Waals surface area contributed by atoms with E-state index in [1.165, 1.54) is 23.9 Å². The predicted molar refractivity (Wildman–Crippen MR) is 82.6 cm³/mol. The number of ether oxygens (including phenoxy) is 1. The lowest BCUT2D eigenvalue weighted by molar-refractivity contribution is 0.477. The van der Waals surface area contributed by atoms with E-state index >= 15 is 0 Å². The van der Waals surface area contributed by atoms with Crippen molar-refractivity contribution in [1.82, 2.24) is 0 Å². The molecule has 0 atom stereocenters. The normalized spacial score (nSPS) is 10.9. The molecule has 0 aliphatic rings. The maximum Gasteiger partial charge on any atom is 0.175 e. The Balaban J connectivity index is 2.42. The molecule has 21 heavy (non-hydrogen) atoms. The van der Waals surface area contributed by atoms with Gasteiger partial charge >= 0.3 is 0 Å². The lowest BCUT2D eigenvalue weighted by atomic mass is 10.2. The van der Waals surface area contributed by atoms with Gasteiger partial charge in [0.2, 0.25) is 0 Å². The van der Waals surface area contributed by atoms with Crippen LogP contribution in [0.3, 0.4) is 0 Å². The van der Waals surface area contributed by atoms with Crippen molar-refractivity contribution < 1.29 is 13.2 Å². The number of rotatable bonds is 4. The SMILES string of the molecule is CSc1cccc(Oc2cccc(S(C)(=O)=O)c2)c1C#N. The molecule has 0 amide bonds. The van der Waals surface area contributed by atoms with E-state index in [-0.39, 0.29) is 4.90 Å². The Morgan fingerprint density at radius 1 is 1.19 bits per heavy atom. The van der Waals surface area contributed by atoms with E-state index in [0.717, 1.165) is 11.2 Å². The molecule has 0 radical (unpaired) electrons. The third kappa shape index (κ3) is 3.57. The first kappa shape index (κ1) is 15.4. The lowest BCUT2D eigenvalue weighted by Crippen LogP contribution is -1.97. The van der Waals surface area contributed by atoms with Crippen LogP contribution in [0.2, 0.25) is 0 Å². The first-order valence-electron chi connectivity index (χ1n) is 6.01. The largest absolute Gasteiger partial charge is 0.456 e. The maximum atomic E-state index is 11.5. The van der Waals surface area contributed by atoms with E-state index in [1.807, 2.05) is 12.3 Å². The number of hydrogen-bond donors (Lipinski definition) is 0. The van der Waals surface area contributed by atoms with Crippen LogP contribution < -0.4 is 4.74 Å². The Kier molecular flexibility index (Phi) is 4.56. The van der Waals surface area contributed by atoms with Crippen molar-refractivity contribution >= 4 is 21.6 Å². The molecule has 0 aliphatic carbocycles. The topological polar surface area (TPSA) is 67.2 Å². The van der Waals surface area contributed by atoms with Crippen molar-refractivity contribution in [3.05, 3.63) is 48.0 Å². The average molecular weight is 319 g/mol. The molecule has 4 nitrogen and oxygen atoms in total. The molecule has 6 heteroatoms. The molecular formula is C15H13NO3S2. The van der Waals surface area contributed by atoms with Gasteiger partial charge in [0.25, 0.3) is 0 Å². The molecule has 2 aromatic rings.